The molecule has 0 aliphatic carbocycles. The maximum atomic E-state index is 13.2. The number of rotatable bonds is 1. The maximum Gasteiger partial charge on any atom is 0.152 e. The summed E-state index contributed by atoms with van der Waals surface area (Å²) >= 11 is 0. The first-order valence-electron chi connectivity index (χ1n) is 4.63. The molecule has 1 aliphatic rings. The Balaban J connectivity index is 2.52. The summed E-state index contributed by atoms with van der Waals surface area (Å²) < 4.78 is 13.2. The van der Waals surface area contributed by atoms with Crippen molar-refractivity contribution in [1.29, 1.82) is 0 Å². The molecule has 1 atom stereocenters. The molecule has 0 amide bonds. The molecule has 3 nitrogen and oxygen atoms in total. The van der Waals surface area contributed by atoms with Crippen molar-refractivity contribution < 1.29 is 4.39 Å². The maximum absolute atomic E-state index is 13.2. The molecule has 0 saturated carbocycles. The summed E-state index contributed by atoms with van der Waals surface area (Å²) in [6.07, 6.45) is 1.61. The molecule has 0 bridgehead atoms. The zero-order chi connectivity index (χ0) is 10.1. The molecule has 0 unspecified atom stereocenters. The summed E-state index contributed by atoms with van der Waals surface area (Å²) in [5, 5.41) is 5.94. The number of benzene rings is 1. The fourth-order valence-corrected chi connectivity index (χ4v) is 1.79. The number of anilines is 1. The quantitative estimate of drug-likeness (QED) is 0.698. The van der Waals surface area contributed by atoms with E-state index in [9.17, 15) is 9.30 Å². The van der Waals surface area contributed by atoms with Gasteiger partial charge in [-0.15, -0.1) is 4.91 Å². The van der Waals surface area contributed by atoms with E-state index < -0.39 is 5.82 Å². The SMILES string of the molecule is C[C@H]1CCc2c(ccc(F)c2N=O)N1. The van der Waals surface area contributed by atoms with Crippen molar-refractivity contribution in [2.75, 3.05) is 5.32 Å². The molecule has 1 aromatic rings. The van der Waals surface area contributed by atoms with Gasteiger partial charge in [0.15, 0.2) is 5.82 Å². The van der Waals surface area contributed by atoms with Crippen LogP contribution in [0.1, 0.15) is 18.9 Å². The van der Waals surface area contributed by atoms with Crippen LogP contribution >= 0.6 is 0 Å². The van der Waals surface area contributed by atoms with E-state index in [0.29, 0.717) is 18.0 Å². The van der Waals surface area contributed by atoms with Gasteiger partial charge in [-0.25, -0.2) is 4.39 Å². The molecule has 4 heteroatoms. The van der Waals surface area contributed by atoms with E-state index in [2.05, 4.69) is 17.4 Å². The third-order valence-corrected chi connectivity index (χ3v) is 2.55. The smallest absolute Gasteiger partial charge is 0.152 e. The molecule has 74 valence electrons. The standard InChI is InChI=1S/C10H11FN2O/c1-6-2-3-7-9(12-6)5-4-8(11)10(7)13-14/h4-6,12H,2-3H2,1H3/t6-/m0/s1. The lowest BCUT2D eigenvalue weighted by atomic mass is 9.97. The van der Waals surface area contributed by atoms with Crippen LogP contribution in [-0.4, -0.2) is 6.04 Å². The summed E-state index contributed by atoms with van der Waals surface area (Å²) in [7, 11) is 0. The number of hydrogen-bond donors (Lipinski definition) is 1. The minimum Gasteiger partial charge on any atom is -0.382 e. The predicted octanol–water partition coefficient (Wildman–Crippen LogP) is 2.97. The largest absolute Gasteiger partial charge is 0.382 e. The van der Waals surface area contributed by atoms with Crippen LogP contribution in [0.15, 0.2) is 17.3 Å². The van der Waals surface area contributed by atoms with Crippen molar-refractivity contribution in [3.8, 4) is 0 Å². The molecule has 1 heterocycles. The summed E-state index contributed by atoms with van der Waals surface area (Å²) in [4.78, 5) is 10.5. The van der Waals surface area contributed by atoms with Crippen LogP contribution < -0.4 is 5.32 Å². The van der Waals surface area contributed by atoms with Gasteiger partial charge < -0.3 is 5.32 Å². The van der Waals surface area contributed by atoms with E-state index in [1.165, 1.54) is 6.07 Å². The summed E-state index contributed by atoms with van der Waals surface area (Å²) in [5.41, 5.74) is 1.50. The first kappa shape index (κ1) is 9.12. The highest BCUT2D eigenvalue weighted by Gasteiger charge is 2.20. The van der Waals surface area contributed by atoms with Gasteiger partial charge in [0.05, 0.1) is 0 Å². The van der Waals surface area contributed by atoms with Gasteiger partial charge in [0.1, 0.15) is 5.69 Å². The third kappa shape index (κ3) is 1.36. The monoisotopic (exact) mass is 194 g/mol. The highest BCUT2D eigenvalue weighted by Crippen LogP contribution is 2.34. The molecule has 0 fully saturated rings. The number of halogens is 1. The molecule has 0 aromatic heterocycles. The number of hydrogen-bond acceptors (Lipinski definition) is 3. The highest BCUT2D eigenvalue weighted by atomic mass is 19.1. The van der Waals surface area contributed by atoms with Gasteiger partial charge in [-0.05, 0) is 37.1 Å². The first-order valence-corrected chi connectivity index (χ1v) is 4.63. The normalized spacial score (nSPS) is 19.7. The Morgan fingerprint density at radius 3 is 3.07 bits per heavy atom. The average molecular weight is 194 g/mol. The molecular weight excluding hydrogens is 183 g/mol. The van der Waals surface area contributed by atoms with Crippen molar-refractivity contribution in [2.45, 2.75) is 25.8 Å². The lowest BCUT2D eigenvalue weighted by Crippen LogP contribution is -2.22. The fourth-order valence-electron chi connectivity index (χ4n) is 1.79. The van der Waals surface area contributed by atoms with Gasteiger partial charge in [0.2, 0.25) is 0 Å². The van der Waals surface area contributed by atoms with E-state index in [0.717, 1.165) is 12.1 Å². The van der Waals surface area contributed by atoms with Crippen LogP contribution in [0.5, 0.6) is 0 Å². The Morgan fingerprint density at radius 2 is 2.36 bits per heavy atom. The topological polar surface area (TPSA) is 41.5 Å². The lowest BCUT2D eigenvalue weighted by molar-refractivity contribution is 0.620. The summed E-state index contributed by atoms with van der Waals surface area (Å²) in [6.45, 7) is 2.06. The van der Waals surface area contributed by atoms with Gasteiger partial charge in [0, 0.05) is 17.3 Å². The molecule has 2 rings (SSSR count). The number of nitrogens with one attached hydrogen (secondary N) is 1. The average Bonchev–Trinajstić information content (AvgIpc) is 2.18. The molecule has 0 radical (unpaired) electrons. The predicted molar refractivity (Wildman–Crippen MR) is 53.3 cm³/mol. The van der Waals surface area contributed by atoms with Crippen molar-refractivity contribution >= 4 is 11.4 Å². The Morgan fingerprint density at radius 1 is 1.57 bits per heavy atom. The minimum absolute atomic E-state index is 0.0399. The molecule has 1 N–H and O–H groups in total. The number of nitroso groups, excluding NO2 is 1. The lowest BCUT2D eigenvalue weighted by Gasteiger charge is -2.24. The molecule has 0 saturated heterocycles. The molecular formula is C10H11FN2O. The summed E-state index contributed by atoms with van der Waals surface area (Å²) in [5.74, 6) is -0.532. The van der Waals surface area contributed by atoms with Crippen molar-refractivity contribution in [3.05, 3.63) is 28.4 Å². The van der Waals surface area contributed by atoms with Crippen LogP contribution in [0.3, 0.4) is 0 Å². The third-order valence-electron chi connectivity index (χ3n) is 2.55. The van der Waals surface area contributed by atoms with Gasteiger partial charge >= 0.3 is 0 Å². The zero-order valence-corrected chi connectivity index (χ0v) is 7.88. The Labute approximate surface area is 81.3 Å². The summed E-state index contributed by atoms with van der Waals surface area (Å²) in [6, 6.07) is 3.31. The second kappa shape index (κ2) is 3.36. The van der Waals surface area contributed by atoms with Crippen LogP contribution in [0, 0.1) is 10.7 Å². The van der Waals surface area contributed by atoms with E-state index in [1.54, 1.807) is 6.07 Å². The van der Waals surface area contributed by atoms with Crippen molar-refractivity contribution in [1.82, 2.24) is 0 Å². The van der Waals surface area contributed by atoms with Crippen LogP contribution in [0.25, 0.3) is 0 Å². The molecule has 1 aromatic carbocycles. The van der Waals surface area contributed by atoms with Crippen LogP contribution in [-0.2, 0) is 6.42 Å². The van der Waals surface area contributed by atoms with Crippen LogP contribution in [0.2, 0.25) is 0 Å². The van der Waals surface area contributed by atoms with Crippen molar-refractivity contribution in [3.63, 3.8) is 0 Å². The first-order chi connectivity index (χ1) is 6.72. The van der Waals surface area contributed by atoms with Gasteiger partial charge in [0.25, 0.3) is 0 Å². The second-order valence-corrected chi connectivity index (χ2v) is 3.60. The van der Waals surface area contributed by atoms with Gasteiger partial charge in [-0.1, -0.05) is 0 Å². The Kier molecular flexibility index (Phi) is 2.19. The fraction of sp³-hybridized carbons (Fsp3) is 0.400. The van der Waals surface area contributed by atoms with Gasteiger partial charge in [-0.3, -0.25) is 0 Å². The number of fused-ring (bicyclic) bond motifs is 1. The van der Waals surface area contributed by atoms with E-state index in [1.807, 2.05) is 0 Å². The van der Waals surface area contributed by atoms with Crippen LogP contribution in [0.4, 0.5) is 15.8 Å². The second-order valence-electron chi connectivity index (χ2n) is 3.60. The zero-order valence-electron chi connectivity index (χ0n) is 7.88. The minimum atomic E-state index is -0.532. The highest BCUT2D eigenvalue weighted by molar-refractivity contribution is 5.65. The van der Waals surface area contributed by atoms with E-state index in [4.69, 9.17) is 0 Å². The molecule has 14 heavy (non-hydrogen) atoms. The van der Waals surface area contributed by atoms with E-state index >= 15 is 0 Å². The molecule has 1 aliphatic heterocycles. The Bertz CT molecular complexity index is 379. The van der Waals surface area contributed by atoms with E-state index in [-0.39, 0.29) is 5.69 Å². The van der Waals surface area contributed by atoms with Crippen molar-refractivity contribution in [2.24, 2.45) is 5.18 Å². The van der Waals surface area contributed by atoms with Gasteiger partial charge in [-0.2, -0.15) is 0 Å². The molecule has 0 spiro atoms. The number of nitrogens with zero attached hydrogens (tertiary/aromatic N) is 1. The Hall–Kier alpha value is -1.45.